The Morgan fingerprint density at radius 1 is 0.566 bits per heavy atom. The minimum Gasteiger partial charge on any atom is -0.387 e. The van der Waals surface area contributed by atoms with Crippen LogP contribution in [0.5, 0.6) is 0 Å². The molecular formula is C52H68N19O22P3S3. The fourth-order valence-corrected chi connectivity index (χ4v) is 17.6. The van der Waals surface area contributed by atoms with Crippen LogP contribution in [0.15, 0.2) is 47.6 Å². The number of nitrogens with one attached hydrogen (secondary N) is 2. The number of nitrogens with zero attached hydrogens (tertiary/aromatic N) is 14. The van der Waals surface area contributed by atoms with Crippen molar-refractivity contribution in [3.63, 3.8) is 0 Å². The van der Waals surface area contributed by atoms with Crippen molar-refractivity contribution >= 4 is 118 Å². The number of nitrogens with two attached hydrogens (primary N) is 3. The fraction of sp³-hybridized carbons (Fsp3) is 0.615. The molecule has 7 unspecified atom stereocenters. The van der Waals surface area contributed by atoms with E-state index in [1.54, 1.807) is 20.8 Å². The van der Waals surface area contributed by atoms with Crippen molar-refractivity contribution in [2.24, 2.45) is 0 Å². The number of aliphatic hydroxyl groups is 1. The van der Waals surface area contributed by atoms with Crippen molar-refractivity contribution in [2.75, 3.05) is 77.7 Å². The van der Waals surface area contributed by atoms with Gasteiger partial charge < -0.3 is 103 Å². The summed E-state index contributed by atoms with van der Waals surface area (Å²) >= 11 is 17.5. The first-order valence-electron chi connectivity index (χ1n) is 30.6. The lowest BCUT2D eigenvalue weighted by atomic mass is 9.94. The van der Waals surface area contributed by atoms with E-state index >= 15 is 0 Å². The molecule has 0 saturated carbocycles. The molecule has 6 fully saturated rings. The predicted molar refractivity (Wildman–Crippen MR) is 349 cm³/mol. The summed E-state index contributed by atoms with van der Waals surface area (Å²) in [4.78, 5) is 111. The van der Waals surface area contributed by atoms with Gasteiger partial charge in [0.25, 0.3) is 11.1 Å². The van der Waals surface area contributed by atoms with Crippen LogP contribution in [0.25, 0.3) is 44.7 Å². The maximum Gasteiger partial charge on any atom is 0.325 e. The normalized spacial score (nSPS) is 33.1. The van der Waals surface area contributed by atoms with Crippen LogP contribution in [-0.4, -0.2) is 243 Å². The Balaban J connectivity index is 0.746. The SMILES string of the molecule is CC[C@H]1O[C@@H](n2cnc3c(=O)[nH]c(N)nc32)C(OCCOC)[C@H]1OP(O)(=S)OC[C@]12O[C@@H](n3cnc4c(N)ncnc43)C(O[C@H]1C)[C@H]2OP(O)(=S)OC[C@H]1O[C@@H](n2cnc3c(N)ncnc32)C(OCCOC)[C@H]1OP(O)(=S)OC[C@]12O[C@@H](n3cnc4c(=O)[nH]c(C)nc43)C(O[C@H]1C)[C@H]2O. The largest absolute Gasteiger partial charge is 0.387 e. The first-order valence-corrected chi connectivity index (χ1v) is 38.4. The van der Waals surface area contributed by atoms with Gasteiger partial charge in [-0.3, -0.25) is 46.4 Å². The van der Waals surface area contributed by atoms with Gasteiger partial charge in [-0.25, -0.2) is 44.9 Å². The molecule has 99 heavy (non-hydrogen) atoms. The molecule has 6 aliphatic rings. The van der Waals surface area contributed by atoms with Crippen LogP contribution >= 0.6 is 20.2 Å². The number of rotatable bonds is 28. The third kappa shape index (κ3) is 12.7. The van der Waals surface area contributed by atoms with Gasteiger partial charge in [0.15, 0.2) is 70.2 Å². The summed E-state index contributed by atoms with van der Waals surface area (Å²) in [7, 11) is 2.94. The number of aromatic nitrogens is 16. The molecule has 0 amide bonds. The van der Waals surface area contributed by atoms with Crippen molar-refractivity contribution in [1.82, 2.24) is 78.1 Å². The van der Waals surface area contributed by atoms with Crippen LogP contribution in [0, 0.1) is 6.92 Å². The van der Waals surface area contributed by atoms with Crippen LogP contribution in [-0.2, 0) is 110 Å². The summed E-state index contributed by atoms with van der Waals surface area (Å²) in [6.45, 7) is -8.98. The zero-order chi connectivity index (χ0) is 69.8. The number of ether oxygens (including phenoxy) is 10. The summed E-state index contributed by atoms with van der Waals surface area (Å²) in [5.41, 5.74) is 14.8. The quantitative estimate of drug-likeness (QED) is 0.0222. The zero-order valence-electron chi connectivity index (χ0n) is 53.1. The number of anilines is 3. The lowest BCUT2D eigenvalue weighted by Gasteiger charge is -2.37. The van der Waals surface area contributed by atoms with Crippen LogP contribution < -0.4 is 28.3 Å². The number of hydrogen-bond acceptors (Lipinski definition) is 35. The van der Waals surface area contributed by atoms with E-state index in [4.69, 9.17) is 127 Å². The van der Waals surface area contributed by atoms with Crippen LogP contribution in [0.1, 0.15) is 57.9 Å². The summed E-state index contributed by atoms with van der Waals surface area (Å²) in [6.07, 6.45) is -10.7. The van der Waals surface area contributed by atoms with Gasteiger partial charge in [-0.15, -0.1) is 0 Å². The van der Waals surface area contributed by atoms with E-state index in [9.17, 15) is 29.4 Å². The molecule has 0 radical (unpaired) electrons. The molecule has 536 valence electrons. The Hall–Kier alpha value is -5.65. The summed E-state index contributed by atoms with van der Waals surface area (Å²) in [5.74, 6) is 0.204. The molecule has 14 rings (SSSR count). The zero-order valence-corrected chi connectivity index (χ0v) is 58.2. The van der Waals surface area contributed by atoms with E-state index in [1.165, 1.54) is 70.5 Å². The highest BCUT2D eigenvalue weighted by atomic mass is 32.5. The molecule has 14 heterocycles. The van der Waals surface area contributed by atoms with Gasteiger partial charge in [-0.05, 0) is 62.6 Å². The fourth-order valence-electron chi connectivity index (χ4n) is 13.3. The molecule has 6 saturated heterocycles. The highest BCUT2D eigenvalue weighted by molar-refractivity contribution is 8.07. The molecule has 6 aliphatic heterocycles. The molecule has 0 aromatic carbocycles. The molecule has 4 bridgehead atoms. The molecule has 8 aromatic heterocycles. The highest BCUT2D eigenvalue weighted by Gasteiger charge is 2.70. The van der Waals surface area contributed by atoms with Crippen LogP contribution in [0.3, 0.4) is 0 Å². The first kappa shape index (κ1) is 70.4. The van der Waals surface area contributed by atoms with Gasteiger partial charge >= 0.3 is 20.2 Å². The second kappa shape index (κ2) is 27.2. The van der Waals surface area contributed by atoms with E-state index < -0.39 is 160 Å². The number of methoxy groups -OCH3 is 2. The van der Waals surface area contributed by atoms with Gasteiger partial charge in [0.05, 0.1) is 89.9 Å². The third-order valence-electron chi connectivity index (χ3n) is 18.0. The number of hydrogen-bond donors (Lipinski definition) is 9. The Labute approximate surface area is 573 Å². The maximum absolute atomic E-state index is 12.9. The average molecular weight is 1500 g/mol. The van der Waals surface area contributed by atoms with Gasteiger partial charge in [-0.2, -0.15) is 4.98 Å². The van der Waals surface area contributed by atoms with E-state index in [0.29, 0.717) is 5.82 Å². The number of fused-ring (bicyclic) bond motifs is 8. The molecule has 21 atom stereocenters. The second-order valence-electron chi connectivity index (χ2n) is 23.9. The number of aliphatic hydroxyl groups excluding tert-OH is 1. The topological polar surface area (TPSA) is 521 Å². The van der Waals surface area contributed by atoms with Gasteiger partial charge in [0, 0.05) is 14.2 Å². The molecular weight excluding hydrogens is 1430 g/mol. The highest BCUT2D eigenvalue weighted by Crippen LogP contribution is 2.61. The smallest absolute Gasteiger partial charge is 0.325 e. The minimum absolute atomic E-state index is 0.0103. The monoisotopic (exact) mass is 1500 g/mol. The Bertz CT molecular complexity index is 4630. The Kier molecular flexibility index (Phi) is 19.3. The lowest BCUT2D eigenvalue weighted by molar-refractivity contribution is -0.215. The molecule has 41 nitrogen and oxygen atoms in total. The van der Waals surface area contributed by atoms with Crippen molar-refractivity contribution in [3.05, 3.63) is 64.5 Å². The number of aromatic amines is 2. The number of nitrogen functional groups attached to an aromatic ring is 3. The van der Waals surface area contributed by atoms with Crippen molar-refractivity contribution in [3.8, 4) is 0 Å². The molecule has 47 heteroatoms. The summed E-state index contributed by atoms with van der Waals surface area (Å²) < 4.78 is 107. The van der Waals surface area contributed by atoms with Gasteiger partial charge in [0.1, 0.15) is 95.7 Å². The van der Waals surface area contributed by atoms with Crippen LogP contribution in [0.2, 0.25) is 0 Å². The number of aryl methyl sites for hydroxylation is 1. The Morgan fingerprint density at radius 2 is 1.03 bits per heavy atom. The van der Waals surface area contributed by atoms with E-state index in [-0.39, 0.29) is 95.1 Å². The first-order chi connectivity index (χ1) is 47.3. The van der Waals surface area contributed by atoms with Gasteiger partial charge in [0.2, 0.25) is 5.95 Å². The van der Waals surface area contributed by atoms with E-state index in [0.717, 1.165) is 0 Å². The molecule has 0 spiro atoms. The maximum atomic E-state index is 12.9. The van der Waals surface area contributed by atoms with E-state index in [1.807, 2.05) is 6.92 Å². The lowest BCUT2D eigenvalue weighted by Crippen LogP contribution is -2.50. The summed E-state index contributed by atoms with van der Waals surface area (Å²) in [5, 5.41) is 11.9. The van der Waals surface area contributed by atoms with Crippen molar-refractivity contribution in [2.45, 2.75) is 143 Å². The van der Waals surface area contributed by atoms with Crippen molar-refractivity contribution in [1.29, 1.82) is 0 Å². The predicted octanol–water partition coefficient (Wildman–Crippen LogP) is -0.418. The average Bonchev–Trinajstić information content (AvgIpc) is 1.55. The number of H-pyrrole nitrogens is 2. The third-order valence-corrected chi connectivity index (χ3v) is 22.7. The van der Waals surface area contributed by atoms with Crippen LogP contribution in [0.4, 0.5) is 17.6 Å². The standard InChI is InChI=1S/C52H68N19O22P3S3/c1-7-24-30(32(80-10-8-78-5)47(87-24)70-19-62-29-43(70)66-50(55)67-45(29)74)91-96(77,99)84-14-52-22(3)86-35(49(90-52)69-18-61-27-39(54)57-16-59-41(27)69)37(52)93-94(75,97)82-12-25-31(33(81-11-9-79-6)46(88-25)68-17-60-26-38(53)56-15-58-40(26)68)92-95(76,98)83-13-51-21(2)85-34(36(51)72)48(89-51)71-20-63-28-42(71)64-23(4)65-44(28)73/h15-22,24-25,30-37,46-49,72H,7-14H2,1-6H3,(H,75,97)(H,76,98)(H,77,99)(H2,53,56,58)(H2,54,57,59)(H,64,65,73)(H3,55,66,67,74)/t21-,22-,24+,25+,30-,31-,32?,33?,34?,35?,36+,37+,46+,47+,48+,49+,51-,52-,94?,95?,96?/m0/s1. The second-order valence-corrected chi connectivity index (χ2v) is 32.3. The van der Waals surface area contributed by atoms with Gasteiger partial charge in [-0.1, -0.05) is 6.92 Å². The van der Waals surface area contributed by atoms with Crippen molar-refractivity contribution < 1.29 is 94.3 Å². The summed E-state index contributed by atoms with van der Waals surface area (Å²) in [6, 6.07) is 0. The molecule has 0 aliphatic carbocycles. The molecule has 12 N–H and O–H groups in total. The Morgan fingerprint density at radius 3 is 1.62 bits per heavy atom. The van der Waals surface area contributed by atoms with E-state index in [2.05, 4.69) is 59.8 Å². The molecule has 8 aromatic rings. The minimum atomic E-state index is -4.68. The number of imidazole rings is 4.